The molecule has 1 atom stereocenters. The summed E-state index contributed by atoms with van der Waals surface area (Å²) in [5, 5.41) is 9.52. The number of hydrogen-bond donors (Lipinski definition) is 1. The van der Waals surface area contributed by atoms with Crippen molar-refractivity contribution in [2.75, 3.05) is 39.9 Å². The monoisotopic (exact) mass is 386 g/mol. The molecule has 0 radical (unpaired) electrons. The Bertz CT molecular complexity index is 714. The zero-order chi connectivity index (χ0) is 19.9. The van der Waals surface area contributed by atoms with Crippen LogP contribution in [0.5, 0.6) is 5.75 Å². The second-order valence-corrected chi connectivity index (χ2v) is 8.03. The molecule has 0 saturated carbocycles. The molecular weight excluding hydrogens is 352 g/mol. The van der Waals surface area contributed by atoms with Crippen molar-refractivity contribution in [2.24, 2.45) is 5.92 Å². The summed E-state index contributed by atoms with van der Waals surface area (Å²) in [7, 11) is 1.68. The van der Waals surface area contributed by atoms with Crippen molar-refractivity contribution >= 4 is 0 Å². The quantitative estimate of drug-likeness (QED) is 0.718. The van der Waals surface area contributed by atoms with Crippen LogP contribution in [0.3, 0.4) is 0 Å². The Kier molecular flexibility index (Phi) is 7.48. The molecule has 2 heterocycles. The predicted molar refractivity (Wildman–Crippen MR) is 112 cm³/mol. The van der Waals surface area contributed by atoms with E-state index in [-0.39, 0.29) is 6.61 Å². The van der Waals surface area contributed by atoms with E-state index in [4.69, 9.17) is 4.74 Å². The van der Waals surface area contributed by atoms with E-state index < -0.39 is 0 Å². The fourth-order valence-corrected chi connectivity index (χ4v) is 3.87. The SMILES string of the molecule is COc1ccc(-n2ccnc2CN2CCN(CCC(C)C)[C@@H](CCO)C2)cc1. The molecule has 0 bridgehead atoms. The van der Waals surface area contributed by atoms with Crippen molar-refractivity contribution in [2.45, 2.75) is 39.3 Å². The summed E-state index contributed by atoms with van der Waals surface area (Å²) >= 11 is 0. The lowest BCUT2D eigenvalue weighted by Gasteiger charge is -2.41. The van der Waals surface area contributed by atoms with Crippen molar-refractivity contribution in [3.05, 3.63) is 42.5 Å². The summed E-state index contributed by atoms with van der Waals surface area (Å²) in [5.41, 5.74) is 1.09. The Labute approximate surface area is 168 Å². The molecule has 1 aromatic carbocycles. The van der Waals surface area contributed by atoms with Crippen molar-refractivity contribution in [3.63, 3.8) is 0 Å². The summed E-state index contributed by atoms with van der Waals surface area (Å²) in [6.07, 6.45) is 5.93. The van der Waals surface area contributed by atoms with Gasteiger partial charge in [-0.15, -0.1) is 0 Å². The maximum atomic E-state index is 9.52. The van der Waals surface area contributed by atoms with Crippen LogP contribution in [-0.4, -0.2) is 70.4 Å². The van der Waals surface area contributed by atoms with E-state index in [9.17, 15) is 5.11 Å². The van der Waals surface area contributed by atoms with Crippen LogP contribution < -0.4 is 4.74 Å². The molecule has 1 saturated heterocycles. The number of rotatable bonds is 9. The number of imidazole rings is 1. The Balaban J connectivity index is 1.65. The standard InChI is InChI=1S/C22H34N4O2/c1-18(2)8-11-25-14-13-24(16-20(25)9-15-27)17-22-23-10-12-26(22)19-4-6-21(28-3)7-5-19/h4-7,10,12,18,20,27H,8-9,11,13-17H2,1-3H3/t20-/m0/s1. The summed E-state index contributed by atoms with van der Waals surface area (Å²) in [4.78, 5) is 9.63. The van der Waals surface area contributed by atoms with Gasteiger partial charge in [0.2, 0.25) is 0 Å². The van der Waals surface area contributed by atoms with Crippen LogP contribution in [0.1, 0.15) is 32.5 Å². The number of aliphatic hydroxyl groups excluding tert-OH is 1. The lowest BCUT2D eigenvalue weighted by atomic mass is 10.1. The molecule has 0 unspecified atom stereocenters. The van der Waals surface area contributed by atoms with E-state index in [2.05, 4.69) is 45.3 Å². The van der Waals surface area contributed by atoms with E-state index in [1.54, 1.807) is 7.11 Å². The maximum Gasteiger partial charge on any atom is 0.127 e. The third kappa shape index (κ3) is 5.34. The molecule has 1 aromatic heterocycles. The van der Waals surface area contributed by atoms with Gasteiger partial charge in [-0.3, -0.25) is 9.80 Å². The fourth-order valence-electron chi connectivity index (χ4n) is 3.87. The number of hydrogen-bond acceptors (Lipinski definition) is 5. The van der Waals surface area contributed by atoms with Crippen LogP contribution in [-0.2, 0) is 6.54 Å². The lowest BCUT2D eigenvalue weighted by molar-refractivity contribution is 0.0510. The van der Waals surface area contributed by atoms with Crippen LogP contribution in [0.15, 0.2) is 36.7 Å². The number of methoxy groups -OCH3 is 1. The van der Waals surface area contributed by atoms with Crippen LogP contribution in [0, 0.1) is 5.92 Å². The number of aromatic nitrogens is 2. The number of nitrogens with zero attached hydrogens (tertiary/aromatic N) is 4. The number of aliphatic hydroxyl groups is 1. The molecule has 0 aliphatic carbocycles. The summed E-state index contributed by atoms with van der Waals surface area (Å²) in [6, 6.07) is 8.49. The van der Waals surface area contributed by atoms with Gasteiger partial charge in [-0.1, -0.05) is 13.8 Å². The summed E-state index contributed by atoms with van der Waals surface area (Å²) in [6.45, 7) is 9.81. The topological polar surface area (TPSA) is 53.8 Å². The first kappa shape index (κ1) is 20.8. The predicted octanol–water partition coefficient (Wildman–Crippen LogP) is 2.80. The molecule has 6 nitrogen and oxygen atoms in total. The first-order chi connectivity index (χ1) is 13.6. The van der Waals surface area contributed by atoms with E-state index in [0.717, 1.165) is 56.4 Å². The highest BCUT2D eigenvalue weighted by atomic mass is 16.5. The van der Waals surface area contributed by atoms with E-state index in [1.807, 2.05) is 24.5 Å². The first-order valence-corrected chi connectivity index (χ1v) is 10.3. The van der Waals surface area contributed by atoms with Gasteiger partial charge in [-0.25, -0.2) is 4.98 Å². The molecular formula is C22H34N4O2. The molecule has 0 spiro atoms. The van der Waals surface area contributed by atoms with Gasteiger partial charge in [0.15, 0.2) is 0 Å². The maximum absolute atomic E-state index is 9.52. The molecule has 1 fully saturated rings. The molecule has 154 valence electrons. The minimum atomic E-state index is 0.247. The second kappa shape index (κ2) is 10.0. The molecule has 1 aliphatic heterocycles. The largest absolute Gasteiger partial charge is 0.497 e. The van der Waals surface area contributed by atoms with E-state index in [1.165, 1.54) is 6.42 Å². The highest BCUT2D eigenvalue weighted by molar-refractivity contribution is 5.38. The van der Waals surface area contributed by atoms with Crippen LogP contribution >= 0.6 is 0 Å². The Morgan fingerprint density at radius 3 is 2.68 bits per heavy atom. The fraction of sp³-hybridized carbons (Fsp3) is 0.591. The molecule has 1 aliphatic rings. The smallest absolute Gasteiger partial charge is 0.127 e. The zero-order valence-corrected chi connectivity index (χ0v) is 17.4. The molecule has 3 rings (SSSR count). The number of piperazine rings is 1. The van der Waals surface area contributed by atoms with Crippen molar-refractivity contribution < 1.29 is 9.84 Å². The normalized spacial score (nSPS) is 18.7. The highest BCUT2D eigenvalue weighted by Crippen LogP contribution is 2.20. The van der Waals surface area contributed by atoms with Gasteiger partial charge in [0.25, 0.3) is 0 Å². The average molecular weight is 387 g/mol. The molecule has 2 aromatic rings. The Hall–Kier alpha value is -1.89. The van der Waals surface area contributed by atoms with Crippen LogP contribution in [0.25, 0.3) is 5.69 Å². The van der Waals surface area contributed by atoms with Gasteiger partial charge in [0, 0.05) is 50.4 Å². The Morgan fingerprint density at radius 1 is 1.21 bits per heavy atom. The Morgan fingerprint density at radius 2 is 2.00 bits per heavy atom. The van der Waals surface area contributed by atoms with E-state index in [0.29, 0.717) is 12.0 Å². The third-order valence-electron chi connectivity index (χ3n) is 5.58. The zero-order valence-electron chi connectivity index (χ0n) is 17.4. The third-order valence-corrected chi connectivity index (χ3v) is 5.58. The molecule has 28 heavy (non-hydrogen) atoms. The van der Waals surface area contributed by atoms with Crippen molar-refractivity contribution in [3.8, 4) is 11.4 Å². The number of ether oxygens (including phenoxy) is 1. The first-order valence-electron chi connectivity index (χ1n) is 10.3. The van der Waals surface area contributed by atoms with Crippen molar-refractivity contribution in [1.82, 2.24) is 19.4 Å². The van der Waals surface area contributed by atoms with Crippen LogP contribution in [0.4, 0.5) is 0 Å². The minimum Gasteiger partial charge on any atom is -0.497 e. The number of benzene rings is 1. The van der Waals surface area contributed by atoms with E-state index >= 15 is 0 Å². The molecule has 1 N–H and O–H groups in total. The average Bonchev–Trinajstić information content (AvgIpc) is 3.15. The van der Waals surface area contributed by atoms with Crippen LogP contribution in [0.2, 0.25) is 0 Å². The minimum absolute atomic E-state index is 0.247. The summed E-state index contributed by atoms with van der Waals surface area (Å²) in [5.74, 6) is 2.61. The summed E-state index contributed by atoms with van der Waals surface area (Å²) < 4.78 is 7.40. The molecule has 0 amide bonds. The van der Waals surface area contributed by atoms with Gasteiger partial charge >= 0.3 is 0 Å². The van der Waals surface area contributed by atoms with Gasteiger partial charge in [-0.2, -0.15) is 0 Å². The van der Waals surface area contributed by atoms with Gasteiger partial charge in [-0.05, 0) is 49.6 Å². The van der Waals surface area contributed by atoms with Gasteiger partial charge in [0.05, 0.1) is 13.7 Å². The lowest BCUT2D eigenvalue weighted by Crippen LogP contribution is -2.53. The van der Waals surface area contributed by atoms with Gasteiger partial charge < -0.3 is 14.4 Å². The van der Waals surface area contributed by atoms with Gasteiger partial charge in [0.1, 0.15) is 11.6 Å². The van der Waals surface area contributed by atoms with Crippen molar-refractivity contribution in [1.29, 1.82) is 0 Å². The molecule has 6 heteroatoms. The second-order valence-electron chi connectivity index (χ2n) is 8.03. The highest BCUT2D eigenvalue weighted by Gasteiger charge is 2.27.